The maximum atomic E-state index is 12.5. The average Bonchev–Trinajstić information content (AvgIpc) is 2.99. The Hall–Kier alpha value is -2.52. The number of nitrogens with one attached hydrogen (secondary N) is 1. The van der Waals surface area contributed by atoms with Crippen LogP contribution in [0.1, 0.15) is 30.1 Å². The van der Waals surface area contributed by atoms with E-state index in [1.165, 1.54) is 12.3 Å². The zero-order chi connectivity index (χ0) is 18.7. The summed E-state index contributed by atoms with van der Waals surface area (Å²) in [6.07, 6.45) is 4.56. The fraction of sp³-hybridized carbons (Fsp3) is 0.529. The molecule has 9 nitrogen and oxygen atoms in total. The van der Waals surface area contributed by atoms with E-state index in [2.05, 4.69) is 20.1 Å². The topological polar surface area (TPSA) is 112 Å². The third-order valence-electron chi connectivity index (χ3n) is 4.96. The van der Waals surface area contributed by atoms with E-state index in [4.69, 9.17) is 5.11 Å². The normalized spacial score (nSPS) is 22.8. The Bertz CT molecular complexity index is 728. The van der Waals surface area contributed by atoms with Crippen LogP contribution in [0.5, 0.6) is 0 Å². The number of carbonyl (C=O) groups excluding carboxylic acids is 1. The molecule has 0 radical (unpaired) electrons. The van der Waals surface area contributed by atoms with Crippen molar-refractivity contribution < 1.29 is 14.8 Å². The van der Waals surface area contributed by atoms with E-state index in [-0.39, 0.29) is 17.9 Å². The van der Waals surface area contributed by atoms with Gasteiger partial charge in [0.15, 0.2) is 0 Å². The van der Waals surface area contributed by atoms with Crippen molar-refractivity contribution in [3.63, 3.8) is 0 Å². The molecule has 0 saturated carbocycles. The highest BCUT2D eigenvalue weighted by Gasteiger charge is 2.31. The van der Waals surface area contributed by atoms with Gasteiger partial charge in [0, 0.05) is 44.5 Å². The van der Waals surface area contributed by atoms with Crippen LogP contribution in [0.15, 0.2) is 24.0 Å². The van der Waals surface area contributed by atoms with Crippen molar-refractivity contribution in [3.05, 3.63) is 39.7 Å². The summed E-state index contributed by atoms with van der Waals surface area (Å²) in [4.78, 5) is 32.0. The molecule has 0 atom stereocenters. The summed E-state index contributed by atoms with van der Waals surface area (Å²) in [7, 11) is 0. The number of aliphatic hydroxyl groups excluding tert-OH is 1. The van der Waals surface area contributed by atoms with Gasteiger partial charge in [-0.05, 0) is 25.3 Å². The fourth-order valence-corrected chi connectivity index (χ4v) is 3.42. The van der Waals surface area contributed by atoms with Gasteiger partial charge in [0.2, 0.25) is 0 Å². The summed E-state index contributed by atoms with van der Waals surface area (Å²) in [6.45, 7) is 5.26. The molecule has 0 aliphatic carbocycles. The maximum Gasteiger partial charge on any atom is 0.300 e. The van der Waals surface area contributed by atoms with E-state index in [1.807, 2.05) is 0 Å². The van der Waals surface area contributed by atoms with Crippen molar-refractivity contribution >= 4 is 17.4 Å². The first kappa shape index (κ1) is 18.3. The molecule has 0 spiro atoms. The Morgan fingerprint density at radius 2 is 2.15 bits per heavy atom. The van der Waals surface area contributed by atoms with Crippen molar-refractivity contribution in [2.45, 2.75) is 25.8 Å². The number of anilines is 1. The van der Waals surface area contributed by atoms with E-state index >= 15 is 0 Å². The van der Waals surface area contributed by atoms with Crippen LogP contribution in [0.2, 0.25) is 0 Å². The molecule has 1 amide bonds. The van der Waals surface area contributed by atoms with Crippen LogP contribution < -0.4 is 10.2 Å². The van der Waals surface area contributed by atoms with E-state index in [1.54, 1.807) is 6.92 Å². The summed E-state index contributed by atoms with van der Waals surface area (Å²) in [6, 6.07) is 1.85. The molecule has 1 aromatic rings. The number of aliphatic hydroxyl groups is 1. The van der Waals surface area contributed by atoms with Crippen LogP contribution in [-0.2, 0) is 0 Å². The van der Waals surface area contributed by atoms with Crippen LogP contribution in [0, 0.1) is 10.1 Å². The van der Waals surface area contributed by atoms with Crippen molar-refractivity contribution in [2.75, 3.05) is 37.7 Å². The van der Waals surface area contributed by atoms with Gasteiger partial charge in [-0.1, -0.05) is 0 Å². The zero-order valence-corrected chi connectivity index (χ0v) is 14.7. The third-order valence-corrected chi connectivity index (χ3v) is 4.96. The molecule has 1 aromatic heterocycles. The van der Waals surface area contributed by atoms with Crippen LogP contribution >= 0.6 is 0 Å². The molecule has 2 bridgehead atoms. The van der Waals surface area contributed by atoms with Crippen LogP contribution in [0.25, 0.3) is 0 Å². The average molecular weight is 361 g/mol. The minimum absolute atomic E-state index is 0.0268. The van der Waals surface area contributed by atoms with Gasteiger partial charge in [-0.15, -0.1) is 0 Å². The van der Waals surface area contributed by atoms with Gasteiger partial charge in [0.05, 0.1) is 11.5 Å². The van der Waals surface area contributed by atoms with Crippen LogP contribution in [-0.4, -0.2) is 64.6 Å². The Balaban J connectivity index is 1.91. The van der Waals surface area contributed by atoms with Crippen molar-refractivity contribution in [1.82, 2.24) is 15.2 Å². The number of nitro groups is 1. The lowest BCUT2D eigenvalue weighted by Crippen LogP contribution is -2.38. The molecule has 0 unspecified atom stereocenters. The fourth-order valence-electron chi connectivity index (χ4n) is 3.42. The lowest BCUT2D eigenvalue weighted by atomic mass is 10.0. The van der Waals surface area contributed by atoms with Gasteiger partial charge < -0.3 is 20.2 Å². The molecule has 3 aliphatic heterocycles. The number of nitrogens with zero attached hydrogens (tertiary/aromatic N) is 4. The number of piperidine rings is 1. The van der Waals surface area contributed by atoms with Crippen molar-refractivity contribution in [3.8, 4) is 0 Å². The zero-order valence-electron chi connectivity index (χ0n) is 14.7. The molecular formula is C17H23N5O4. The van der Waals surface area contributed by atoms with Gasteiger partial charge in [-0.3, -0.25) is 14.9 Å². The highest BCUT2D eigenvalue weighted by Crippen LogP contribution is 2.28. The van der Waals surface area contributed by atoms with Gasteiger partial charge in [-0.2, -0.15) is 0 Å². The summed E-state index contributed by atoms with van der Waals surface area (Å²) in [5.74, 6) is 0.00776. The quantitative estimate of drug-likeness (QED) is 0.592. The summed E-state index contributed by atoms with van der Waals surface area (Å²) >= 11 is 0. The van der Waals surface area contributed by atoms with E-state index < -0.39 is 10.8 Å². The number of hydrogen-bond donors (Lipinski definition) is 2. The molecule has 4 rings (SSSR count). The van der Waals surface area contributed by atoms with Gasteiger partial charge in [-0.25, -0.2) is 4.98 Å². The first-order chi connectivity index (χ1) is 12.5. The molecule has 3 saturated heterocycles. The van der Waals surface area contributed by atoms with Crippen LogP contribution in [0.4, 0.5) is 11.5 Å². The first-order valence-electron chi connectivity index (χ1n) is 8.70. The Kier molecular flexibility index (Phi) is 5.48. The number of aromatic nitrogens is 1. The maximum absolute atomic E-state index is 12.5. The molecule has 3 aliphatic rings. The smallest absolute Gasteiger partial charge is 0.300 e. The second-order valence-corrected chi connectivity index (χ2v) is 6.71. The van der Waals surface area contributed by atoms with E-state index in [9.17, 15) is 14.9 Å². The van der Waals surface area contributed by atoms with E-state index in [0.717, 1.165) is 45.2 Å². The predicted molar refractivity (Wildman–Crippen MR) is 96.0 cm³/mol. The summed E-state index contributed by atoms with van der Waals surface area (Å²) in [5, 5.41) is 22.8. The first-order valence-corrected chi connectivity index (χ1v) is 8.70. The molecule has 26 heavy (non-hydrogen) atoms. The van der Waals surface area contributed by atoms with Crippen molar-refractivity contribution in [2.24, 2.45) is 0 Å². The Labute approximate surface area is 151 Å². The van der Waals surface area contributed by atoms with E-state index in [0.29, 0.717) is 17.4 Å². The predicted octanol–water partition coefficient (Wildman–Crippen LogP) is 0.900. The van der Waals surface area contributed by atoms with Gasteiger partial charge >= 0.3 is 0 Å². The second-order valence-electron chi connectivity index (χ2n) is 6.71. The second kappa shape index (κ2) is 7.79. The van der Waals surface area contributed by atoms with Gasteiger partial charge in [0.1, 0.15) is 17.6 Å². The Morgan fingerprint density at radius 1 is 1.42 bits per heavy atom. The molecule has 9 heteroatoms. The lowest BCUT2D eigenvalue weighted by Gasteiger charge is -2.32. The minimum atomic E-state index is -0.603. The monoisotopic (exact) mass is 361 g/mol. The largest absolute Gasteiger partial charge is 0.392 e. The Morgan fingerprint density at radius 3 is 2.81 bits per heavy atom. The number of amides is 1. The number of fused-ring (bicyclic) bond motifs is 4. The summed E-state index contributed by atoms with van der Waals surface area (Å²) < 4.78 is 0. The van der Waals surface area contributed by atoms with Gasteiger partial charge in [0.25, 0.3) is 11.6 Å². The molecule has 2 N–H and O–H groups in total. The number of pyridine rings is 1. The molecule has 0 aromatic carbocycles. The number of hydrogen-bond acceptors (Lipinski definition) is 7. The molecule has 3 fully saturated rings. The van der Waals surface area contributed by atoms with Crippen LogP contribution in [0.3, 0.4) is 0 Å². The highest BCUT2D eigenvalue weighted by molar-refractivity contribution is 5.99. The SMILES string of the molecule is C/C(=C\NC(=O)c1cc(N2CCN3CCC2CC3)ncc1[N+](=O)[O-])CO. The lowest BCUT2D eigenvalue weighted by molar-refractivity contribution is -0.385. The molecule has 4 heterocycles. The number of carbonyl (C=O) groups is 1. The highest BCUT2D eigenvalue weighted by atomic mass is 16.6. The number of rotatable bonds is 5. The summed E-state index contributed by atoms with van der Waals surface area (Å²) in [5.41, 5.74) is 0.194. The molecular weight excluding hydrogens is 338 g/mol. The molecule has 140 valence electrons. The minimum Gasteiger partial charge on any atom is -0.392 e. The standard InChI is InChI=1S/C17H23N5O4/c1-12(11-23)9-19-17(24)14-8-16(18-10-15(14)22(25)26)21-7-6-20-4-2-13(21)3-5-20/h8-10,13,23H,2-7,11H2,1H3,(H,19,24)/b12-9+. The van der Waals surface area contributed by atoms with Crippen molar-refractivity contribution in [1.29, 1.82) is 0 Å². The third kappa shape index (κ3) is 3.83.